The number of likely N-dealkylation sites (tertiary alicyclic amines) is 1. The van der Waals surface area contributed by atoms with Gasteiger partial charge in [0.25, 0.3) is 0 Å². The van der Waals surface area contributed by atoms with Crippen molar-refractivity contribution < 1.29 is 5.11 Å². The molecule has 3 nitrogen and oxygen atoms in total. The molecule has 182 valence electrons. The molecule has 0 bridgehead atoms. The van der Waals surface area contributed by atoms with Crippen molar-refractivity contribution in [3.8, 4) is 22.4 Å². The minimum absolute atomic E-state index is 0.445. The molecular formula is C33H34N2O. The van der Waals surface area contributed by atoms with Gasteiger partial charge >= 0.3 is 0 Å². The van der Waals surface area contributed by atoms with Gasteiger partial charge in [0.2, 0.25) is 0 Å². The number of hydrogen-bond donors (Lipinski definition) is 1. The van der Waals surface area contributed by atoms with Gasteiger partial charge in [-0.05, 0) is 48.4 Å². The minimum Gasteiger partial charge on any atom is -0.390 e. The Morgan fingerprint density at radius 3 is 2.08 bits per heavy atom. The van der Waals surface area contributed by atoms with Crippen LogP contribution in [0.15, 0.2) is 97.1 Å². The molecule has 2 heterocycles. The summed E-state index contributed by atoms with van der Waals surface area (Å²) in [6, 6.07) is 34.5. The van der Waals surface area contributed by atoms with E-state index in [0.29, 0.717) is 13.1 Å². The Kier molecular flexibility index (Phi) is 6.35. The molecule has 1 aromatic heterocycles. The first-order valence-corrected chi connectivity index (χ1v) is 13.2. The van der Waals surface area contributed by atoms with E-state index in [0.717, 1.165) is 19.0 Å². The summed E-state index contributed by atoms with van der Waals surface area (Å²) < 4.78 is 2.40. The summed E-state index contributed by atoms with van der Waals surface area (Å²) in [5.74, 6) is 0.788. The number of β-amino-alcohol motifs (C(OH)–C–C–N with tert-alkyl or cyclic N) is 1. The fourth-order valence-corrected chi connectivity index (χ4v) is 5.91. The van der Waals surface area contributed by atoms with E-state index in [-0.39, 0.29) is 0 Å². The van der Waals surface area contributed by atoms with E-state index in [2.05, 4.69) is 113 Å². The number of nitrogens with zero attached hydrogens (tertiary/aromatic N) is 2. The van der Waals surface area contributed by atoms with E-state index in [9.17, 15) is 5.11 Å². The quantitative estimate of drug-likeness (QED) is 0.281. The van der Waals surface area contributed by atoms with Crippen LogP contribution in [0.4, 0.5) is 0 Å². The molecule has 0 unspecified atom stereocenters. The molecule has 0 aliphatic carbocycles. The van der Waals surface area contributed by atoms with Crippen molar-refractivity contribution in [1.29, 1.82) is 0 Å². The third-order valence-electron chi connectivity index (χ3n) is 7.79. The molecule has 36 heavy (non-hydrogen) atoms. The normalized spacial score (nSPS) is 16.1. The van der Waals surface area contributed by atoms with Gasteiger partial charge in [0.1, 0.15) is 0 Å². The number of aliphatic hydroxyl groups is 1. The smallest absolute Gasteiger partial charge is 0.0845 e. The van der Waals surface area contributed by atoms with Crippen LogP contribution in [0.1, 0.15) is 19.8 Å². The van der Waals surface area contributed by atoms with E-state index in [1.165, 1.54) is 56.9 Å². The van der Waals surface area contributed by atoms with Gasteiger partial charge in [-0.2, -0.15) is 0 Å². The molecular weight excluding hydrogens is 440 g/mol. The Labute approximate surface area is 213 Å². The summed E-state index contributed by atoms with van der Waals surface area (Å²) in [5, 5.41) is 15.1. The van der Waals surface area contributed by atoms with Crippen molar-refractivity contribution in [3.05, 3.63) is 97.1 Å². The number of piperidine rings is 1. The van der Waals surface area contributed by atoms with Gasteiger partial charge < -0.3 is 14.6 Å². The number of hydrogen-bond acceptors (Lipinski definition) is 2. The van der Waals surface area contributed by atoms with Crippen molar-refractivity contribution in [2.45, 2.75) is 32.4 Å². The van der Waals surface area contributed by atoms with Gasteiger partial charge in [-0.1, -0.05) is 104 Å². The maximum absolute atomic E-state index is 11.4. The van der Waals surface area contributed by atoms with Crippen molar-refractivity contribution in [2.24, 2.45) is 5.92 Å². The van der Waals surface area contributed by atoms with Crippen LogP contribution in [0.2, 0.25) is 0 Å². The van der Waals surface area contributed by atoms with E-state index < -0.39 is 6.10 Å². The summed E-state index contributed by atoms with van der Waals surface area (Å²) in [4.78, 5) is 2.44. The Hall–Kier alpha value is -3.40. The molecule has 0 saturated carbocycles. The van der Waals surface area contributed by atoms with Gasteiger partial charge in [-0.25, -0.2) is 0 Å². The lowest BCUT2D eigenvalue weighted by Gasteiger charge is -2.32. The molecule has 4 aromatic carbocycles. The van der Waals surface area contributed by atoms with Crippen LogP contribution >= 0.6 is 0 Å². The van der Waals surface area contributed by atoms with Gasteiger partial charge in [0.15, 0.2) is 0 Å². The molecule has 3 heteroatoms. The van der Waals surface area contributed by atoms with Gasteiger partial charge in [-0.15, -0.1) is 0 Å². The zero-order chi connectivity index (χ0) is 24.5. The van der Waals surface area contributed by atoms with E-state index >= 15 is 0 Å². The Morgan fingerprint density at radius 2 is 1.36 bits per heavy atom. The molecule has 1 aliphatic rings. The van der Waals surface area contributed by atoms with Crippen molar-refractivity contribution in [3.63, 3.8) is 0 Å². The SMILES string of the molecule is CC1CCN(C[C@H](O)Cn2c(-c3ccccc3)c(-c3ccccc3)c3ccc4ccccc4c32)CC1. The Bertz CT molecular complexity index is 1460. The molecule has 1 saturated heterocycles. The molecule has 0 radical (unpaired) electrons. The van der Waals surface area contributed by atoms with Crippen molar-refractivity contribution >= 4 is 21.7 Å². The second kappa shape index (κ2) is 9.93. The highest BCUT2D eigenvalue weighted by atomic mass is 16.3. The van der Waals surface area contributed by atoms with Crippen molar-refractivity contribution in [1.82, 2.24) is 9.47 Å². The fraction of sp³-hybridized carbons (Fsp3) is 0.273. The first kappa shape index (κ1) is 23.0. The maximum Gasteiger partial charge on any atom is 0.0845 e. The van der Waals surface area contributed by atoms with E-state index in [1.54, 1.807) is 0 Å². The van der Waals surface area contributed by atoms with Crippen LogP contribution in [0, 0.1) is 5.92 Å². The summed E-state index contributed by atoms with van der Waals surface area (Å²) in [7, 11) is 0. The van der Waals surface area contributed by atoms with Crippen LogP contribution in [0.25, 0.3) is 44.1 Å². The molecule has 0 spiro atoms. The molecule has 6 rings (SSSR count). The molecule has 0 amide bonds. The summed E-state index contributed by atoms with van der Waals surface area (Å²) in [6.45, 7) is 5.77. The molecule has 5 aromatic rings. The zero-order valence-corrected chi connectivity index (χ0v) is 21.0. The summed E-state index contributed by atoms with van der Waals surface area (Å²) in [6.07, 6.45) is 1.99. The van der Waals surface area contributed by atoms with Crippen LogP contribution in [0.3, 0.4) is 0 Å². The lowest BCUT2D eigenvalue weighted by Crippen LogP contribution is -2.39. The fourth-order valence-electron chi connectivity index (χ4n) is 5.91. The highest BCUT2D eigenvalue weighted by Gasteiger charge is 2.24. The molecule has 1 N–H and O–H groups in total. The Morgan fingerprint density at radius 1 is 0.722 bits per heavy atom. The predicted molar refractivity (Wildman–Crippen MR) is 151 cm³/mol. The zero-order valence-electron chi connectivity index (χ0n) is 21.0. The lowest BCUT2D eigenvalue weighted by molar-refractivity contribution is 0.0813. The highest BCUT2D eigenvalue weighted by molar-refractivity contribution is 6.15. The monoisotopic (exact) mass is 474 g/mol. The van der Waals surface area contributed by atoms with E-state index in [1.807, 2.05) is 0 Å². The second-order valence-electron chi connectivity index (χ2n) is 10.4. The molecule has 1 atom stereocenters. The topological polar surface area (TPSA) is 28.4 Å². The number of aromatic nitrogens is 1. The standard InChI is InChI=1S/C33H34N2O/c1-24-18-20-34(21-19-24)22-28(36)23-35-32(27-13-6-3-7-14-27)31(26-11-4-2-5-12-26)30-17-16-25-10-8-9-15-29(25)33(30)35/h2-17,24,28,36H,18-23H2,1H3/t28-/m0/s1. The number of fused-ring (bicyclic) bond motifs is 3. The minimum atomic E-state index is -0.445. The third kappa shape index (κ3) is 4.34. The van der Waals surface area contributed by atoms with Gasteiger partial charge in [0.05, 0.1) is 23.9 Å². The first-order valence-electron chi connectivity index (χ1n) is 13.2. The molecule has 1 aliphatic heterocycles. The van der Waals surface area contributed by atoms with Gasteiger partial charge in [0, 0.05) is 22.9 Å². The number of rotatable bonds is 6. The van der Waals surface area contributed by atoms with Crippen LogP contribution < -0.4 is 0 Å². The molecule has 1 fully saturated rings. The Balaban J connectivity index is 1.56. The first-order chi connectivity index (χ1) is 17.7. The average Bonchev–Trinajstić information content (AvgIpc) is 3.25. The van der Waals surface area contributed by atoms with Crippen LogP contribution in [0.5, 0.6) is 0 Å². The summed E-state index contributed by atoms with van der Waals surface area (Å²) >= 11 is 0. The predicted octanol–water partition coefficient (Wildman–Crippen LogP) is 7.22. The number of aliphatic hydroxyl groups excluding tert-OH is 1. The second-order valence-corrected chi connectivity index (χ2v) is 10.4. The van der Waals surface area contributed by atoms with E-state index in [4.69, 9.17) is 0 Å². The van der Waals surface area contributed by atoms with Gasteiger partial charge in [-0.3, -0.25) is 0 Å². The van der Waals surface area contributed by atoms with Crippen LogP contribution in [-0.2, 0) is 6.54 Å². The lowest BCUT2D eigenvalue weighted by atomic mass is 9.97. The van der Waals surface area contributed by atoms with Crippen molar-refractivity contribution in [2.75, 3.05) is 19.6 Å². The summed E-state index contributed by atoms with van der Waals surface area (Å²) in [5.41, 5.74) is 6.00. The van der Waals surface area contributed by atoms with Crippen LogP contribution in [-0.4, -0.2) is 40.3 Å². The average molecular weight is 475 g/mol. The number of benzene rings is 4. The highest BCUT2D eigenvalue weighted by Crippen LogP contribution is 2.43. The maximum atomic E-state index is 11.4. The third-order valence-corrected chi connectivity index (χ3v) is 7.79. The largest absolute Gasteiger partial charge is 0.390 e.